The molecular weight excluding hydrogens is 290 g/mol. The highest BCUT2D eigenvalue weighted by Crippen LogP contribution is 2.26. The highest BCUT2D eigenvalue weighted by Gasteiger charge is 2.28. The summed E-state index contributed by atoms with van der Waals surface area (Å²) in [5.74, 6) is 0.0966. The Morgan fingerprint density at radius 3 is 2.55 bits per heavy atom. The van der Waals surface area contributed by atoms with Gasteiger partial charge in [-0.2, -0.15) is 13.2 Å². The number of rotatable bonds is 8. The zero-order chi connectivity index (χ0) is 15.0. The summed E-state index contributed by atoms with van der Waals surface area (Å²) in [7, 11) is 0. The third kappa shape index (κ3) is 7.14. The molecule has 0 aromatic heterocycles. The molecule has 0 radical (unpaired) electrons. The first-order valence-electron chi connectivity index (χ1n) is 6.60. The zero-order valence-corrected chi connectivity index (χ0v) is 12.2. The molecule has 0 amide bonds. The third-order valence-corrected chi connectivity index (χ3v) is 3.95. The van der Waals surface area contributed by atoms with E-state index in [1.54, 1.807) is 18.2 Å². The van der Waals surface area contributed by atoms with Crippen LogP contribution in [0.15, 0.2) is 29.2 Å². The van der Waals surface area contributed by atoms with Crippen molar-refractivity contribution in [3.05, 3.63) is 30.1 Å². The third-order valence-electron chi connectivity index (χ3n) is 2.74. The van der Waals surface area contributed by atoms with E-state index in [0.29, 0.717) is 17.2 Å². The van der Waals surface area contributed by atoms with E-state index in [-0.39, 0.29) is 18.3 Å². The largest absolute Gasteiger partial charge is 0.389 e. The van der Waals surface area contributed by atoms with Gasteiger partial charge in [0.15, 0.2) is 0 Å². The summed E-state index contributed by atoms with van der Waals surface area (Å²) in [6.07, 6.45) is -4.08. The van der Waals surface area contributed by atoms with Gasteiger partial charge in [0, 0.05) is 23.1 Å². The Morgan fingerprint density at radius 2 is 1.95 bits per heavy atom. The molecule has 0 fully saturated rings. The first-order chi connectivity index (χ1) is 9.42. The van der Waals surface area contributed by atoms with Crippen molar-refractivity contribution >= 4 is 11.8 Å². The number of nitrogens with one attached hydrogen (secondary N) is 1. The number of halogens is 4. The lowest BCUT2D eigenvalue weighted by atomic mass is 10.2. The van der Waals surface area contributed by atoms with Gasteiger partial charge >= 0.3 is 6.18 Å². The highest BCUT2D eigenvalue weighted by molar-refractivity contribution is 7.99. The van der Waals surface area contributed by atoms with E-state index in [2.05, 4.69) is 5.32 Å². The van der Waals surface area contributed by atoms with E-state index >= 15 is 0 Å². The SMILES string of the molecule is CCCNC(CCC(F)(F)F)CSc1ccccc1F. The van der Waals surface area contributed by atoms with Crippen LogP contribution in [0.25, 0.3) is 0 Å². The molecule has 0 heterocycles. The standard InChI is InChI=1S/C14H19F4NS/c1-2-9-19-11(7-8-14(16,17)18)10-20-13-6-4-3-5-12(13)15/h3-6,11,19H,2,7-10H2,1H3. The van der Waals surface area contributed by atoms with E-state index in [1.165, 1.54) is 17.8 Å². The predicted molar refractivity (Wildman–Crippen MR) is 74.5 cm³/mol. The molecule has 0 spiro atoms. The minimum atomic E-state index is -4.14. The average molecular weight is 309 g/mol. The predicted octanol–water partition coefficient (Wildman–Crippen LogP) is 4.63. The molecule has 1 unspecified atom stereocenters. The van der Waals surface area contributed by atoms with Gasteiger partial charge in [-0.25, -0.2) is 4.39 Å². The molecule has 0 aliphatic carbocycles. The van der Waals surface area contributed by atoms with Crippen molar-refractivity contribution in [2.75, 3.05) is 12.3 Å². The van der Waals surface area contributed by atoms with Crippen LogP contribution in [-0.2, 0) is 0 Å². The molecule has 0 saturated heterocycles. The second-order valence-corrected chi connectivity index (χ2v) is 5.61. The summed E-state index contributed by atoms with van der Waals surface area (Å²) in [6.45, 7) is 2.62. The van der Waals surface area contributed by atoms with Gasteiger partial charge in [-0.1, -0.05) is 19.1 Å². The number of alkyl halides is 3. The summed E-state index contributed by atoms with van der Waals surface area (Å²) in [4.78, 5) is 0.475. The molecule has 1 rings (SSSR count). The molecule has 1 nitrogen and oxygen atoms in total. The molecule has 114 valence electrons. The van der Waals surface area contributed by atoms with Gasteiger partial charge < -0.3 is 5.32 Å². The van der Waals surface area contributed by atoms with Crippen LogP contribution in [0.5, 0.6) is 0 Å². The first-order valence-corrected chi connectivity index (χ1v) is 7.58. The molecule has 0 aliphatic rings. The second kappa shape index (κ2) is 8.52. The van der Waals surface area contributed by atoms with Crippen LogP contribution >= 0.6 is 11.8 Å². The average Bonchev–Trinajstić information content (AvgIpc) is 2.38. The quantitative estimate of drug-likeness (QED) is 0.555. The fourth-order valence-corrected chi connectivity index (χ4v) is 2.73. The topological polar surface area (TPSA) is 12.0 Å². The Hall–Kier alpha value is -0.750. The lowest BCUT2D eigenvalue weighted by molar-refractivity contribution is -0.136. The van der Waals surface area contributed by atoms with Crippen molar-refractivity contribution in [1.82, 2.24) is 5.32 Å². The molecule has 0 aliphatic heterocycles. The maximum atomic E-state index is 13.4. The van der Waals surface area contributed by atoms with E-state index in [0.717, 1.165) is 6.42 Å². The maximum Gasteiger partial charge on any atom is 0.389 e. The number of hydrogen-bond acceptors (Lipinski definition) is 2. The Bertz CT molecular complexity index is 395. The van der Waals surface area contributed by atoms with Crippen molar-refractivity contribution in [1.29, 1.82) is 0 Å². The Morgan fingerprint density at radius 1 is 1.25 bits per heavy atom. The monoisotopic (exact) mass is 309 g/mol. The van der Waals surface area contributed by atoms with Crippen molar-refractivity contribution in [2.45, 2.75) is 43.3 Å². The number of hydrogen-bond donors (Lipinski definition) is 1. The summed E-state index contributed by atoms with van der Waals surface area (Å²) in [6, 6.07) is 6.04. The van der Waals surface area contributed by atoms with Gasteiger partial charge in [0.2, 0.25) is 0 Å². The fraction of sp³-hybridized carbons (Fsp3) is 0.571. The van der Waals surface area contributed by atoms with E-state index < -0.39 is 12.6 Å². The molecule has 1 N–H and O–H groups in total. The maximum absolute atomic E-state index is 13.4. The molecule has 0 saturated carbocycles. The van der Waals surface area contributed by atoms with E-state index in [4.69, 9.17) is 0 Å². The lowest BCUT2D eigenvalue weighted by Gasteiger charge is -2.19. The van der Waals surface area contributed by atoms with Crippen LogP contribution in [-0.4, -0.2) is 24.5 Å². The van der Waals surface area contributed by atoms with E-state index in [1.807, 2.05) is 6.92 Å². The summed E-state index contributed by atoms with van der Waals surface area (Å²) in [5.41, 5.74) is 0. The lowest BCUT2D eigenvalue weighted by Crippen LogP contribution is -2.33. The first kappa shape index (κ1) is 17.3. The van der Waals surface area contributed by atoms with Crippen LogP contribution in [0.2, 0.25) is 0 Å². The van der Waals surface area contributed by atoms with Crippen molar-refractivity contribution in [2.24, 2.45) is 0 Å². The summed E-state index contributed by atoms with van der Waals surface area (Å²) < 4.78 is 50.3. The van der Waals surface area contributed by atoms with Crippen LogP contribution in [0.3, 0.4) is 0 Å². The summed E-state index contributed by atoms with van der Waals surface area (Å²) >= 11 is 1.25. The van der Waals surface area contributed by atoms with Crippen LogP contribution < -0.4 is 5.32 Å². The van der Waals surface area contributed by atoms with Crippen LogP contribution in [0.1, 0.15) is 26.2 Å². The number of benzene rings is 1. The Labute approximate surface area is 121 Å². The minimum absolute atomic E-state index is 0.0188. The second-order valence-electron chi connectivity index (χ2n) is 4.55. The molecule has 1 aromatic carbocycles. The van der Waals surface area contributed by atoms with Crippen molar-refractivity contribution in [3.63, 3.8) is 0 Å². The fourth-order valence-electron chi connectivity index (χ4n) is 1.68. The molecule has 0 bridgehead atoms. The van der Waals surface area contributed by atoms with Crippen molar-refractivity contribution < 1.29 is 17.6 Å². The van der Waals surface area contributed by atoms with E-state index in [9.17, 15) is 17.6 Å². The normalized spacial score (nSPS) is 13.4. The molecular formula is C14H19F4NS. The van der Waals surface area contributed by atoms with Gasteiger partial charge in [-0.15, -0.1) is 11.8 Å². The van der Waals surface area contributed by atoms with Crippen LogP contribution in [0.4, 0.5) is 17.6 Å². The van der Waals surface area contributed by atoms with Gasteiger partial charge in [0.25, 0.3) is 0 Å². The van der Waals surface area contributed by atoms with Crippen LogP contribution in [0, 0.1) is 5.82 Å². The van der Waals surface area contributed by atoms with Gasteiger partial charge in [-0.05, 0) is 31.5 Å². The van der Waals surface area contributed by atoms with Crippen molar-refractivity contribution in [3.8, 4) is 0 Å². The Kier molecular flexibility index (Phi) is 7.37. The smallest absolute Gasteiger partial charge is 0.313 e. The minimum Gasteiger partial charge on any atom is -0.313 e. The number of thioether (sulfide) groups is 1. The molecule has 6 heteroatoms. The molecule has 20 heavy (non-hydrogen) atoms. The van der Waals surface area contributed by atoms with Gasteiger partial charge in [0.05, 0.1) is 0 Å². The summed E-state index contributed by atoms with van der Waals surface area (Å²) in [5, 5.41) is 3.09. The Balaban J connectivity index is 2.49. The molecule has 1 atom stereocenters. The molecule has 1 aromatic rings. The van der Waals surface area contributed by atoms with Gasteiger partial charge in [0.1, 0.15) is 5.82 Å². The zero-order valence-electron chi connectivity index (χ0n) is 11.3. The van der Waals surface area contributed by atoms with Gasteiger partial charge in [-0.3, -0.25) is 0 Å². The highest BCUT2D eigenvalue weighted by atomic mass is 32.2.